The number of hydrogen-bond acceptors (Lipinski definition) is 3. The molecule has 0 saturated heterocycles. The van der Waals surface area contributed by atoms with E-state index in [0.717, 1.165) is 4.47 Å². The van der Waals surface area contributed by atoms with Crippen molar-refractivity contribution in [2.45, 2.75) is 20.0 Å². The number of esters is 1. The van der Waals surface area contributed by atoms with Gasteiger partial charge >= 0.3 is 5.97 Å². The van der Waals surface area contributed by atoms with E-state index in [9.17, 15) is 4.79 Å². The average molecular weight is 273 g/mol. The van der Waals surface area contributed by atoms with Gasteiger partial charge in [-0.1, -0.05) is 0 Å². The second-order valence-corrected chi connectivity index (χ2v) is 4.16. The molecule has 1 rings (SSSR count). The predicted octanol–water partition coefficient (Wildman–Crippen LogP) is 3.02. The summed E-state index contributed by atoms with van der Waals surface area (Å²) in [6.45, 7) is 3.86. The van der Waals surface area contributed by atoms with Gasteiger partial charge in [0.05, 0.1) is 23.2 Å². The zero-order valence-corrected chi connectivity index (χ0v) is 10.5. The van der Waals surface area contributed by atoms with E-state index in [2.05, 4.69) is 20.7 Å². The molecule has 0 aromatic heterocycles. The minimum absolute atomic E-state index is 0.0641. The first-order valence-electron chi connectivity index (χ1n) is 4.59. The van der Waals surface area contributed by atoms with Crippen LogP contribution in [-0.2, 0) is 4.74 Å². The van der Waals surface area contributed by atoms with Gasteiger partial charge in [-0.3, -0.25) is 0 Å². The minimum Gasteiger partial charge on any atom is -0.490 e. The summed E-state index contributed by atoms with van der Waals surface area (Å²) in [5.74, 6) is 0.281. The lowest BCUT2D eigenvalue weighted by Gasteiger charge is -2.12. The fourth-order valence-corrected chi connectivity index (χ4v) is 1.43. The van der Waals surface area contributed by atoms with Gasteiger partial charge in [0.25, 0.3) is 0 Å². The van der Waals surface area contributed by atoms with E-state index in [1.807, 2.05) is 13.8 Å². The van der Waals surface area contributed by atoms with Crippen LogP contribution in [0.5, 0.6) is 5.75 Å². The Morgan fingerprint density at radius 3 is 2.60 bits per heavy atom. The van der Waals surface area contributed by atoms with E-state index in [4.69, 9.17) is 4.74 Å². The number of hydrogen-bond donors (Lipinski definition) is 0. The third kappa shape index (κ3) is 3.23. The molecule has 0 bridgehead atoms. The highest BCUT2D eigenvalue weighted by atomic mass is 79.9. The molecule has 1 aromatic carbocycles. The SMILES string of the molecule is COC(=O)c1ccc(Br)c(OC(C)C)c1. The summed E-state index contributed by atoms with van der Waals surface area (Å²) >= 11 is 3.35. The van der Waals surface area contributed by atoms with Crippen LogP contribution in [0.3, 0.4) is 0 Å². The van der Waals surface area contributed by atoms with Gasteiger partial charge in [-0.05, 0) is 48.0 Å². The number of ether oxygens (including phenoxy) is 2. The monoisotopic (exact) mass is 272 g/mol. The zero-order chi connectivity index (χ0) is 11.4. The molecule has 82 valence electrons. The molecule has 0 aliphatic carbocycles. The fourth-order valence-electron chi connectivity index (χ4n) is 1.09. The summed E-state index contributed by atoms with van der Waals surface area (Å²) in [6, 6.07) is 5.11. The Bertz CT molecular complexity index is 361. The third-order valence-corrected chi connectivity index (χ3v) is 2.37. The summed E-state index contributed by atoms with van der Waals surface area (Å²) in [7, 11) is 1.35. The summed E-state index contributed by atoms with van der Waals surface area (Å²) in [6.07, 6.45) is 0.0641. The molecule has 0 atom stereocenters. The van der Waals surface area contributed by atoms with Gasteiger partial charge in [0.15, 0.2) is 0 Å². The lowest BCUT2D eigenvalue weighted by atomic mass is 10.2. The van der Waals surface area contributed by atoms with Crippen molar-refractivity contribution in [2.75, 3.05) is 7.11 Å². The number of rotatable bonds is 3. The van der Waals surface area contributed by atoms with Crippen LogP contribution in [0.2, 0.25) is 0 Å². The Morgan fingerprint density at radius 1 is 1.40 bits per heavy atom. The topological polar surface area (TPSA) is 35.5 Å². The first-order valence-corrected chi connectivity index (χ1v) is 5.38. The second-order valence-electron chi connectivity index (χ2n) is 3.30. The molecule has 0 fully saturated rings. The van der Waals surface area contributed by atoms with E-state index < -0.39 is 0 Å². The highest BCUT2D eigenvalue weighted by Gasteiger charge is 2.10. The van der Waals surface area contributed by atoms with Crippen molar-refractivity contribution in [2.24, 2.45) is 0 Å². The van der Waals surface area contributed by atoms with Crippen LogP contribution < -0.4 is 4.74 Å². The van der Waals surface area contributed by atoms with E-state index in [0.29, 0.717) is 11.3 Å². The van der Waals surface area contributed by atoms with Crippen molar-refractivity contribution in [3.63, 3.8) is 0 Å². The Balaban J connectivity index is 2.99. The average Bonchev–Trinajstić information content (AvgIpc) is 2.19. The van der Waals surface area contributed by atoms with Gasteiger partial charge in [-0.2, -0.15) is 0 Å². The maximum Gasteiger partial charge on any atom is 0.337 e. The van der Waals surface area contributed by atoms with Gasteiger partial charge in [0, 0.05) is 0 Å². The molecule has 1 aromatic rings. The van der Waals surface area contributed by atoms with Crippen LogP contribution in [-0.4, -0.2) is 19.2 Å². The van der Waals surface area contributed by atoms with Crippen molar-refractivity contribution in [3.05, 3.63) is 28.2 Å². The van der Waals surface area contributed by atoms with Crippen LogP contribution in [0.25, 0.3) is 0 Å². The van der Waals surface area contributed by atoms with Crippen molar-refractivity contribution in [3.8, 4) is 5.75 Å². The Morgan fingerprint density at radius 2 is 2.07 bits per heavy atom. The highest BCUT2D eigenvalue weighted by molar-refractivity contribution is 9.10. The molecular formula is C11H13BrO3. The standard InChI is InChI=1S/C11H13BrO3/c1-7(2)15-10-6-8(11(13)14-3)4-5-9(10)12/h4-7H,1-3H3. The Hall–Kier alpha value is -1.03. The highest BCUT2D eigenvalue weighted by Crippen LogP contribution is 2.27. The smallest absolute Gasteiger partial charge is 0.337 e. The maximum atomic E-state index is 11.3. The van der Waals surface area contributed by atoms with Crippen LogP contribution in [0.1, 0.15) is 24.2 Å². The number of halogens is 1. The van der Waals surface area contributed by atoms with Crippen LogP contribution in [0.4, 0.5) is 0 Å². The molecule has 4 heteroatoms. The molecule has 0 radical (unpaired) electrons. The summed E-state index contributed by atoms with van der Waals surface area (Å²) in [5, 5.41) is 0. The van der Waals surface area contributed by atoms with Crippen molar-refractivity contribution in [1.29, 1.82) is 0 Å². The van der Waals surface area contributed by atoms with Crippen LogP contribution in [0, 0.1) is 0 Å². The molecule has 0 aliphatic heterocycles. The molecule has 0 amide bonds. The van der Waals surface area contributed by atoms with Crippen molar-refractivity contribution >= 4 is 21.9 Å². The molecule has 0 heterocycles. The van der Waals surface area contributed by atoms with Gasteiger partial charge in [0.2, 0.25) is 0 Å². The molecule has 15 heavy (non-hydrogen) atoms. The first kappa shape index (κ1) is 12.0. The number of carbonyl (C=O) groups is 1. The predicted molar refractivity (Wildman–Crippen MR) is 61.2 cm³/mol. The Labute approximate surface area is 97.5 Å². The van der Waals surface area contributed by atoms with Gasteiger partial charge < -0.3 is 9.47 Å². The summed E-state index contributed by atoms with van der Waals surface area (Å²) < 4.78 is 11.0. The van der Waals surface area contributed by atoms with Crippen molar-refractivity contribution < 1.29 is 14.3 Å². The lowest BCUT2D eigenvalue weighted by molar-refractivity contribution is 0.0600. The van der Waals surface area contributed by atoms with E-state index in [1.165, 1.54) is 7.11 Å². The molecule has 0 saturated carbocycles. The van der Waals surface area contributed by atoms with Crippen LogP contribution in [0.15, 0.2) is 22.7 Å². The van der Waals surface area contributed by atoms with Gasteiger partial charge in [-0.25, -0.2) is 4.79 Å². The molecule has 0 aliphatic rings. The summed E-state index contributed by atoms with van der Waals surface area (Å²) in [5.41, 5.74) is 0.483. The molecule has 0 unspecified atom stereocenters. The van der Waals surface area contributed by atoms with Gasteiger partial charge in [-0.15, -0.1) is 0 Å². The first-order chi connectivity index (χ1) is 7.04. The van der Waals surface area contributed by atoms with E-state index in [1.54, 1.807) is 18.2 Å². The van der Waals surface area contributed by atoms with Crippen molar-refractivity contribution in [1.82, 2.24) is 0 Å². The minimum atomic E-state index is -0.365. The maximum absolute atomic E-state index is 11.3. The molecule has 3 nitrogen and oxygen atoms in total. The van der Waals surface area contributed by atoms with Crippen LogP contribution >= 0.6 is 15.9 Å². The third-order valence-electron chi connectivity index (χ3n) is 1.71. The lowest BCUT2D eigenvalue weighted by Crippen LogP contribution is -2.07. The quantitative estimate of drug-likeness (QED) is 0.794. The number of carbonyl (C=O) groups excluding carboxylic acids is 1. The van der Waals surface area contributed by atoms with E-state index in [-0.39, 0.29) is 12.1 Å². The normalized spacial score (nSPS) is 10.2. The Kier molecular flexibility index (Phi) is 4.15. The van der Waals surface area contributed by atoms with E-state index >= 15 is 0 Å². The molecular weight excluding hydrogens is 260 g/mol. The summed E-state index contributed by atoms with van der Waals surface area (Å²) in [4.78, 5) is 11.3. The number of methoxy groups -OCH3 is 1. The zero-order valence-electron chi connectivity index (χ0n) is 8.91. The number of benzene rings is 1. The molecule has 0 N–H and O–H groups in total. The molecule has 0 spiro atoms. The van der Waals surface area contributed by atoms with Gasteiger partial charge in [0.1, 0.15) is 5.75 Å². The largest absolute Gasteiger partial charge is 0.490 e. The second kappa shape index (κ2) is 5.16. The fraction of sp³-hybridized carbons (Fsp3) is 0.364.